The Morgan fingerprint density at radius 2 is 2.17 bits per heavy atom. The summed E-state index contributed by atoms with van der Waals surface area (Å²) in [5.74, 6) is 1.33. The van der Waals surface area contributed by atoms with Crippen molar-refractivity contribution in [3.63, 3.8) is 0 Å². The van der Waals surface area contributed by atoms with E-state index in [1.54, 1.807) is 26.0 Å². The number of carbonyl (C=O) groups excluding carboxylic acids is 1. The zero-order valence-electron chi connectivity index (χ0n) is 14.0. The van der Waals surface area contributed by atoms with Gasteiger partial charge in [0.25, 0.3) is 0 Å². The Morgan fingerprint density at radius 3 is 2.92 bits per heavy atom. The Kier molecular flexibility index (Phi) is 4.99. The lowest BCUT2D eigenvalue weighted by atomic mass is 10.1. The second-order valence-electron chi connectivity index (χ2n) is 5.62. The number of methoxy groups -OCH3 is 2. The first-order chi connectivity index (χ1) is 11.6. The summed E-state index contributed by atoms with van der Waals surface area (Å²) in [5.41, 5.74) is 1.99. The molecule has 128 valence electrons. The van der Waals surface area contributed by atoms with E-state index in [-0.39, 0.29) is 11.9 Å². The Balaban J connectivity index is 1.61. The molecule has 6 nitrogen and oxygen atoms in total. The smallest absolute Gasteiger partial charge is 0.226 e. The summed E-state index contributed by atoms with van der Waals surface area (Å²) in [6.45, 7) is 3.63. The topological polar surface area (TPSA) is 63.2 Å². The second-order valence-corrected chi connectivity index (χ2v) is 6.46. The standard InChI is InChI=1S/C17H21N3O3S/c1-11(12-4-5-14(22-2)15(8-12)23-3)19-16(21)9-13-10-24-17-18-6-7-20(13)17/h4-5,8,10-11H,6-7,9H2,1-3H3,(H,19,21). The van der Waals surface area contributed by atoms with Gasteiger partial charge >= 0.3 is 0 Å². The Bertz CT molecular complexity index is 702. The van der Waals surface area contributed by atoms with E-state index in [1.165, 1.54) is 0 Å². The van der Waals surface area contributed by atoms with Gasteiger partial charge in [0.05, 0.1) is 33.2 Å². The van der Waals surface area contributed by atoms with Gasteiger partial charge in [0, 0.05) is 12.2 Å². The van der Waals surface area contributed by atoms with Crippen molar-refractivity contribution in [1.29, 1.82) is 0 Å². The molecule has 1 aromatic carbocycles. The summed E-state index contributed by atoms with van der Waals surface area (Å²) in [4.78, 5) is 18.9. The van der Waals surface area contributed by atoms with Crippen LogP contribution in [0.3, 0.4) is 0 Å². The number of fused-ring (bicyclic) bond motifs is 1. The van der Waals surface area contributed by atoms with Gasteiger partial charge in [-0.25, -0.2) is 0 Å². The summed E-state index contributed by atoms with van der Waals surface area (Å²) >= 11 is 1.59. The average molecular weight is 347 g/mol. The van der Waals surface area contributed by atoms with Gasteiger partial charge in [0.2, 0.25) is 5.91 Å². The average Bonchev–Trinajstić information content (AvgIpc) is 3.19. The molecule has 0 saturated heterocycles. The SMILES string of the molecule is COc1ccc(C(C)NC(=O)CC2=CSC3=NCCN23)cc1OC. The van der Waals surface area contributed by atoms with Crippen LogP contribution < -0.4 is 14.8 Å². The van der Waals surface area contributed by atoms with Crippen molar-refractivity contribution in [2.75, 3.05) is 27.3 Å². The number of amidine groups is 1. The number of nitrogens with one attached hydrogen (secondary N) is 1. The van der Waals surface area contributed by atoms with Crippen molar-refractivity contribution in [2.24, 2.45) is 4.99 Å². The number of thioether (sulfide) groups is 1. The van der Waals surface area contributed by atoms with E-state index in [0.717, 1.165) is 29.5 Å². The predicted octanol–water partition coefficient (Wildman–Crippen LogP) is 2.53. The number of aliphatic imine (C=N–C) groups is 1. The third kappa shape index (κ3) is 3.36. The molecule has 1 aromatic rings. The molecule has 1 amide bonds. The minimum Gasteiger partial charge on any atom is -0.493 e. The van der Waals surface area contributed by atoms with Crippen LogP contribution in [0.5, 0.6) is 11.5 Å². The lowest BCUT2D eigenvalue weighted by molar-refractivity contribution is -0.121. The zero-order chi connectivity index (χ0) is 17.1. The minimum atomic E-state index is -0.112. The largest absolute Gasteiger partial charge is 0.493 e. The van der Waals surface area contributed by atoms with Crippen molar-refractivity contribution < 1.29 is 14.3 Å². The van der Waals surface area contributed by atoms with E-state index in [1.807, 2.05) is 30.5 Å². The van der Waals surface area contributed by atoms with E-state index >= 15 is 0 Å². The van der Waals surface area contributed by atoms with Gasteiger partial charge in [-0.3, -0.25) is 9.79 Å². The van der Waals surface area contributed by atoms with Crippen LogP contribution in [0.4, 0.5) is 0 Å². The molecule has 1 unspecified atom stereocenters. The molecular weight excluding hydrogens is 326 g/mol. The molecule has 0 fully saturated rings. The van der Waals surface area contributed by atoms with Gasteiger partial charge in [0.15, 0.2) is 16.7 Å². The van der Waals surface area contributed by atoms with Crippen LogP contribution in [0.1, 0.15) is 24.9 Å². The molecule has 0 spiro atoms. The maximum Gasteiger partial charge on any atom is 0.226 e. The van der Waals surface area contributed by atoms with Crippen molar-refractivity contribution in [3.05, 3.63) is 34.9 Å². The first-order valence-electron chi connectivity index (χ1n) is 7.81. The monoisotopic (exact) mass is 347 g/mol. The van der Waals surface area contributed by atoms with Crippen LogP contribution in [-0.4, -0.2) is 43.3 Å². The highest BCUT2D eigenvalue weighted by Crippen LogP contribution is 2.32. The number of hydrogen-bond donors (Lipinski definition) is 1. The van der Waals surface area contributed by atoms with Crippen LogP contribution in [-0.2, 0) is 4.79 Å². The highest BCUT2D eigenvalue weighted by atomic mass is 32.2. The number of amides is 1. The van der Waals surface area contributed by atoms with Crippen LogP contribution in [0, 0.1) is 0 Å². The van der Waals surface area contributed by atoms with Crippen LogP contribution in [0.15, 0.2) is 34.3 Å². The van der Waals surface area contributed by atoms with Gasteiger partial charge in [-0.15, -0.1) is 0 Å². The van der Waals surface area contributed by atoms with Gasteiger partial charge in [-0.1, -0.05) is 17.8 Å². The third-order valence-electron chi connectivity index (χ3n) is 4.08. The molecular formula is C17H21N3O3S. The zero-order valence-corrected chi connectivity index (χ0v) is 14.9. The molecule has 0 bridgehead atoms. The quantitative estimate of drug-likeness (QED) is 0.857. The fourth-order valence-corrected chi connectivity index (χ4v) is 3.73. The summed E-state index contributed by atoms with van der Waals surface area (Å²) < 4.78 is 10.6. The maximum atomic E-state index is 12.4. The summed E-state index contributed by atoms with van der Waals surface area (Å²) in [6, 6.07) is 5.56. The second kappa shape index (κ2) is 7.17. The van der Waals surface area contributed by atoms with E-state index in [4.69, 9.17) is 9.47 Å². The Labute approximate surface area is 145 Å². The molecule has 0 saturated carbocycles. The predicted molar refractivity (Wildman–Crippen MR) is 95.4 cm³/mol. The molecule has 0 radical (unpaired) electrons. The fourth-order valence-electron chi connectivity index (χ4n) is 2.78. The number of carbonyl (C=O) groups is 1. The fraction of sp³-hybridized carbons (Fsp3) is 0.412. The van der Waals surface area contributed by atoms with Crippen molar-refractivity contribution in [1.82, 2.24) is 10.2 Å². The van der Waals surface area contributed by atoms with E-state index in [2.05, 4.69) is 15.2 Å². The molecule has 0 aromatic heterocycles. The molecule has 0 aliphatic carbocycles. The molecule has 1 N–H and O–H groups in total. The van der Waals surface area contributed by atoms with Gasteiger partial charge in [0.1, 0.15) is 0 Å². The lowest BCUT2D eigenvalue weighted by Gasteiger charge is -2.19. The van der Waals surface area contributed by atoms with Crippen LogP contribution >= 0.6 is 11.8 Å². The first-order valence-corrected chi connectivity index (χ1v) is 8.69. The highest BCUT2D eigenvalue weighted by molar-refractivity contribution is 8.16. The van der Waals surface area contributed by atoms with Gasteiger partial charge in [-0.05, 0) is 30.0 Å². The van der Waals surface area contributed by atoms with Crippen molar-refractivity contribution >= 4 is 22.8 Å². The third-order valence-corrected chi connectivity index (χ3v) is 5.03. The molecule has 7 heteroatoms. The molecule has 2 aliphatic heterocycles. The molecule has 2 heterocycles. The maximum absolute atomic E-state index is 12.4. The lowest BCUT2D eigenvalue weighted by Crippen LogP contribution is -2.30. The van der Waals surface area contributed by atoms with Crippen LogP contribution in [0.25, 0.3) is 0 Å². The molecule has 3 rings (SSSR count). The highest BCUT2D eigenvalue weighted by Gasteiger charge is 2.27. The van der Waals surface area contributed by atoms with Gasteiger partial charge in [-0.2, -0.15) is 0 Å². The number of ether oxygens (including phenoxy) is 2. The Hall–Kier alpha value is -2.15. The van der Waals surface area contributed by atoms with Gasteiger partial charge < -0.3 is 19.7 Å². The minimum absolute atomic E-state index is 0.00251. The summed E-state index contributed by atoms with van der Waals surface area (Å²) in [6.07, 6.45) is 0.365. The van der Waals surface area contributed by atoms with E-state index in [9.17, 15) is 4.79 Å². The van der Waals surface area contributed by atoms with Crippen molar-refractivity contribution in [3.8, 4) is 11.5 Å². The molecule has 2 aliphatic rings. The molecule has 24 heavy (non-hydrogen) atoms. The Morgan fingerprint density at radius 1 is 1.38 bits per heavy atom. The normalized spacial score (nSPS) is 17.0. The van der Waals surface area contributed by atoms with E-state index in [0.29, 0.717) is 17.9 Å². The number of benzene rings is 1. The number of nitrogens with zero attached hydrogens (tertiary/aromatic N) is 2. The molecule has 1 atom stereocenters. The van der Waals surface area contributed by atoms with E-state index < -0.39 is 0 Å². The summed E-state index contributed by atoms with van der Waals surface area (Å²) in [7, 11) is 3.20. The first kappa shape index (κ1) is 16.7. The summed E-state index contributed by atoms with van der Waals surface area (Å²) in [5, 5.41) is 6.06. The number of rotatable bonds is 6. The van der Waals surface area contributed by atoms with Crippen LogP contribution in [0.2, 0.25) is 0 Å². The number of hydrogen-bond acceptors (Lipinski definition) is 6. The van der Waals surface area contributed by atoms with Crippen molar-refractivity contribution in [2.45, 2.75) is 19.4 Å².